The van der Waals surface area contributed by atoms with E-state index in [-0.39, 0.29) is 22.0 Å². The SMILES string of the molecule is Cc1cc2c(OS(=O)(=O)C(F)(F)F)cc(N3CCOCC3)cc2n(C)c1=O. The second kappa shape index (κ2) is 6.71. The zero-order valence-corrected chi connectivity index (χ0v) is 15.4. The van der Waals surface area contributed by atoms with Gasteiger partial charge in [-0.15, -0.1) is 0 Å². The summed E-state index contributed by atoms with van der Waals surface area (Å²) in [5.74, 6) is -0.481. The second-order valence-electron chi connectivity index (χ2n) is 6.15. The fourth-order valence-corrected chi connectivity index (χ4v) is 3.38. The number of hydrogen-bond acceptors (Lipinski definition) is 6. The monoisotopic (exact) mass is 406 g/mol. The number of benzene rings is 1. The summed E-state index contributed by atoms with van der Waals surface area (Å²) in [5.41, 5.74) is -4.95. The van der Waals surface area contributed by atoms with Crippen molar-refractivity contribution < 1.29 is 30.5 Å². The number of hydrogen-bond donors (Lipinski definition) is 0. The maximum atomic E-state index is 12.8. The van der Waals surface area contributed by atoms with Crippen molar-refractivity contribution in [2.75, 3.05) is 31.2 Å². The summed E-state index contributed by atoms with van der Waals surface area (Å²) in [6, 6.07) is 4.18. The average Bonchev–Trinajstić information content (AvgIpc) is 2.60. The number of pyridine rings is 1. The van der Waals surface area contributed by atoms with Gasteiger partial charge >= 0.3 is 15.6 Å². The highest BCUT2D eigenvalue weighted by Gasteiger charge is 2.48. The number of nitrogens with zero attached hydrogens (tertiary/aromatic N) is 2. The number of aryl methyl sites for hydroxylation is 2. The molecule has 2 heterocycles. The third kappa shape index (κ3) is 3.61. The van der Waals surface area contributed by atoms with Crippen LogP contribution in [0.5, 0.6) is 5.75 Å². The first-order chi connectivity index (χ1) is 12.5. The van der Waals surface area contributed by atoms with E-state index in [0.717, 1.165) is 0 Å². The number of ether oxygens (including phenoxy) is 1. The van der Waals surface area contributed by atoms with E-state index in [9.17, 15) is 26.4 Å². The van der Waals surface area contributed by atoms with Crippen LogP contribution in [-0.4, -0.2) is 44.8 Å². The molecule has 1 fully saturated rings. The molecule has 148 valence electrons. The number of fused-ring (bicyclic) bond motifs is 1. The third-order valence-electron chi connectivity index (χ3n) is 4.33. The number of alkyl halides is 3. The van der Waals surface area contributed by atoms with Crippen molar-refractivity contribution in [3.63, 3.8) is 0 Å². The molecule has 1 aromatic heterocycles. The molecule has 0 amide bonds. The zero-order chi connectivity index (χ0) is 20.0. The van der Waals surface area contributed by atoms with Gasteiger partial charge in [-0.3, -0.25) is 4.79 Å². The molecule has 0 N–H and O–H groups in total. The van der Waals surface area contributed by atoms with Gasteiger partial charge < -0.3 is 18.4 Å². The molecule has 0 atom stereocenters. The number of rotatable bonds is 3. The van der Waals surface area contributed by atoms with Crippen LogP contribution < -0.4 is 14.6 Å². The van der Waals surface area contributed by atoms with Gasteiger partial charge in [-0.25, -0.2) is 0 Å². The molecule has 2 aromatic rings. The van der Waals surface area contributed by atoms with Crippen molar-refractivity contribution >= 4 is 26.7 Å². The van der Waals surface area contributed by atoms with Crippen LogP contribution in [0.4, 0.5) is 18.9 Å². The molecule has 0 unspecified atom stereocenters. The summed E-state index contributed by atoms with van der Waals surface area (Å²) in [5, 5.41) is 0.0967. The molecule has 1 saturated heterocycles. The van der Waals surface area contributed by atoms with E-state index in [4.69, 9.17) is 4.74 Å². The molecule has 0 radical (unpaired) electrons. The summed E-state index contributed by atoms with van der Waals surface area (Å²) >= 11 is 0. The van der Waals surface area contributed by atoms with E-state index in [2.05, 4.69) is 4.18 Å². The minimum Gasteiger partial charge on any atom is -0.378 e. The van der Waals surface area contributed by atoms with E-state index >= 15 is 0 Å². The lowest BCUT2D eigenvalue weighted by Crippen LogP contribution is -2.36. The highest BCUT2D eigenvalue weighted by Crippen LogP contribution is 2.35. The predicted octanol–water partition coefficient (Wildman–Crippen LogP) is 1.91. The summed E-state index contributed by atoms with van der Waals surface area (Å²) in [6.45, 7) is 3.26. The summed E-state index contributed by atoms with van der Waals surface area (Å²) in [7, 11) is -4.40. The van der Waals surface area contributed by atoms with Crippen molar-refractivity contribution in [2.45, 2.75) is 12.4 Å². The van der Waals surface area contributed by atoms with E-state index in [1.165, 1.54) is 30.7 Å². The molecular formula is C16H17F3N2O5S. The normalized spacial score (nSPS) is 16.0. The largest absolute Gasteiger partial charge is 0.534 e. The summed E-state index contributed by atoms with van der Waals surface area (Å²) in [4.78, 5) is 14.0. The summed E-state index contributed by atoms with van der Waals surface area (Å²) in [6.07, 6.45) is 0. The van der Waals surface area contributed by atoms with Crippen LogP contribution in [-0.2, 0) is 21.9 Å². The van der Waals surface area contributed by atoms with Gasteiger partial charge in [-0.1, -0.05) is 0 Å². The van der Waals surface area contributed by atoms with Crippen LogP contribution in [0.3, 0.4) is 0 Å². The Kier molecular flexibility index (Phi) is 4.85. The zero-order valence-electron chi connectivity index (χ0n) is 14.5. The molecule has 0 saturated carbocycles. The standard InChI is InChI=1S/C16H17F3N2O5S/c1-10-7-12-13(20(2)15(10)22)8-11(21-3-5-25-6-4-21)9-14(12)26-27(23,24)16(17,18)19/h7-9H,3-6H2,1-2H3. The quantitative estimate of drug-likeness (QED) is 0.573. The first kappa shape index (κ1) is 19.5. The Bertz CT molecular complexity index is 1040. The second-order valence-corrected chi connectivity index (χ2v) is 7.69. The molecule has 1 aromatic carbocycles. The average molecular weight is 406 g/mol. The number of aromatic nitrogens is 1. The molecule has 0 bridgehead atoms. The predicted molar refractivity (Wildman–Crippen MR) is 92.6 cm³/mol. The highest BCUT2D eigenvalue weighted by molar-refractivity contribution is 7.88. The first-order valence-electron chi connectivity index (χ1n) is 7.99. The van der Waals surface area contributed by atoms with E-state index in [1.807, 2.05) is 4.90 Å². The van der Waals surface area contributed by atoms with Crippen molar-refractivity contribution in [2.24, 2.45) is 7.05 Å². The molecule has 0 aliphatic carbocycles. The lowest BCUT2D eigenvalue weighted by atomic mass is 10.1. The Balaban J connectivity index is 2.24. The van der Waals surface area contributed by atoms with Gasteiger partial charge in [-0.05, 0) is 19.1 Å². The highest BCUT2D eigenvalue weighted by atomic mass is 32.2. The maximum absolute atomic E-state index is 12.8. The van der Waals surface area contributed by atoms with Gasteiger partial charge in [0.1, 0.15) is 0 Å². The molecule has 0 spiro atoms. The smallest absolute Gasteiger partial charge is 0.378 e. The lowest BCUT2D eigenvalue weighted by molar-refractivity contribution is -0.0499. The molecule has 7 nitrogen and oxygen atoms in total. The van der Waals surface area contributed by atoms with Gasteiger partial charge in [0, 0.05) is 42.8 Å². The van der Waals surface area contributed by atoms with Crippen LogP contribution in [0.2, 0.25) is 0 Å². The number of anilines is 1. The van der Waals surface area contributed by atoms with Gasteiger partial charge in [0.15, 0.2) is 5.75 Å². The van der Waals surface area contributed by atoms with E-state index in [0.29, 0.717) is 32.0 Å². The Morgan fingerprint density at radius 1 is 1.15 bits per heavy atom. The van der Waals surface area contributed by atoms with Crippen molar-refractivity contribution in [1.82, 2.24) is 4.57 Å². The van der Waals surface area contributed by atoms with Gasteiger partial charge in [-0.2, -0.15) is 21.6 Å². The fraction of sp³-hybridized carbons (Fsp3) is 0.438. The van der Waals surface area contributed by atoms with Gasteiger partial charge in [0.05, 0.1) is 18.7 Å². The molecular weight excluding hydrogens is 389 g/mol. The van der Waals surface area contributed by atoms with Crippen LogP contribution in [0.25, 0.3) is 10.9 Å². The molecule has 11 heteroatoms. The number of halogens is 3. The molecule has 1 aliphatic heterocycles. The molecule has 1 aliphatic rings. The maximum Gasteiger partial charge on any atom is 0.534 e. The van der Waals surface area contributed by atoms with Crippen LogP contribution in [0.15, 0.2) is 23.0 Å². The summed E-state index contributed by atoms with van der Waals surface area (Å²) < 4.78 is 72.4. The van der Waals surface area contributed by atoms with Crippen LogP contribution in [0.1, 0.15) is 5.56 Å². The lowest BCUT2D eigenvalue weighted by Gasteiger charge is -2.29. The van der Waals surface area contributed by atoms with Crippen molar-refractivity contribution in [3.8, 4) is 5.75 Å². The van der Waals surface area contributed by atoms with Crippen molar-refractivity contribution in [3.05, 3.63) is 34.1 Å². The minimum atomic E-state index is -5.86. The van der Waals surface area contributed by atoms with E-state index < -0.39 is 21.4 Å². The minimum absolute atomic E-state index is 0.0967. The Hall–Kier alpha value is -2.27. The van der Waals surface area contributed by atoms with E-state index in [1.54, 1.807) is 6.07 Å². The van der Waals surface area contributed by atoms with Gasteiger partial charge in [0.25, 0.3) is 5.56 Å². The molecule has 27 heavy (non-hydrogen) atoms. The third-order valence-corrected chi connectivity index (χ3v) is 5.29. The first-order valence-corrected chi connectivity index (χ1v) is 9.40. The fourth-order valence-electron chi connectivity index (χ4n) is 2.91. The Morgan fingerprint density at radius 3 is 2.37 bits per heavy atom. The number of morpholine rings is 1. The van der Waals surface area contributed by atoms with Crippen LogP contribution >= 0.6 is 0 Å². The molecule has 3 rings (SSSR count). The Labute approximate surface area is 153 Å². The topological polar surface area (TPSA) is 77.8 Å². The Morgan fingerprint density at radius 2 is 1.78 bits per heavy atom. The van der Waals surface area contributed by atoms with Crippen molar-refractivity contribution in [1.29, 1.82) is 0 Å². The van der Waals surface area contributed by atoms with Crippen LogP contribution in [0, 0.1) is 6.92 Å². The van der Waals surface area contributed by atoms with Gasteiger partial charge in [0.2, 0.25) is 0 Å².